The summed E-state index contributed by atoms with van der Waals surface area (Å²) in [6, 6.07) is 30.1. The zero-order valence-electron chi connectivity index (χ0n) is 22.9. The normalized spacial score (nSPS) is 22.4. The van der Waals surface area contributed by atoms with Gasteiger partial charge in [0.15, 0.2) is 0 Å². The number of hydrogen-bond donors (Lipinski definition) is 0. The van der Waals surface area contributed by atoms with Crippen molar-refractivity contribution in [1.82, 2.24) is 14.7 Å². The van der Waals surface area contributed by atoms with Gasteiger partial charge in [0, 0.05) is 32.6 Å². The monoisotopic (exact) mass is 535 g/mol. The standard InChI is InChI=1S/C34H37N3O3/c38-32-28-18-10-11-19-29(28)33(39)37(32)30(24-25-12-4-1-5-13-25)34(40)36-22-20-35(21-23-36)31(26-14-6-2-7-15-26)27-16-8-3-9-17-27/h1-9,12-17,28-31H,10-11,18-24H2/t28-,29+,30-/m0/s1. The molecule has 2 saturated heterocycles. The molecule has 6 nitrogen and oxygen atoms in total. The van der Waals surface area contributed by atoms with Gasteiger partial charge in [-0.15, -0.1) is 0 Å². The van der Waals surface area contributed by atoms with Crippen LogP contribution in [0.15, 0.2) is 91.0 Å². The molecular weight excluding hydrogens is 498 g/mol. The molecular formula is C34H37N3O3. The van der Waals surface area contributed by atoms with Crippen LogP contribution in [0.25, 0.3) is 0 Å². The lowest BCUT2D eigenvalue weighted by Gasteiger charge is -2.41. The molecule has 206 valence electrons. The van der Waals surface area contributed by atoms with Gasteiger partial charge in [-0.2, -0.15) is 0 Å². The van der Waals surface area contributed by atoms with Crippen molar-refractivity contribution in [1.29, 1.82) is 0 Å². The predicted octanol–water partition coefficient (Wildman–Crippen LogP) is 4.71. The van der Waals surface area contributed by atoms with E-state index in [2.05, 4.69) is 53.4 Å². The Morgan fingerprint density at radius 3 is 1.65 bits per heavy atom. The molecule has 1 aliphatic carbocycles. The van der Waals surface area contributed by atoms with Gasteiger partial charge in [-0.25, -0.2) is 0 Å². The van der Waals surface area contributed by atoms with Gasteiger partial charge in [-0.3, -0.25) is 24.2 Å². The number of carbonyl (C=O) groups excluding carboxylic acids is 3. The third kappa shape index (κ3) is 5.20. The van der Waals surface area contributed by atoms with Crippen LogP contribution in [0, 0.1) is 11.8 Å². The van der Waals surface area contributed by atoms with Crippen LogP contribution >= 0.6 is 0 Å². The average molecular weight is 536 g/mol. The largest absolute Gasteiger partial charge is 0.338 e. The Morgan fingerprint density at radius 2 is 1.15 bits per heavy atom. The van der Waals surface area contributed by atoms with E-state index in [1.807, 2.05) is 47.4 Å². The summed E-state index contributed by atoms with van der Waals surface area (Å²) in [5, 5.41) is 0. The molecule has 3 aromatic carbocycles. The quantitative estimate of drug-likeness (QED) is 0.412. The van der Waals surface area contributed by atoms with Gasteiger partial charge in [0.2, 0.25) is 17.7 Å². The Hall–Kier alpha value is -3.77. The fourth-order valence-corrected chi connectivity index (χ4v) is 6.92. The molecule has 0 radical (unpaired) electrons. The molecule has 3 fully saturated rings. The minimum Gasteiger partial charge on any atom is -0.338 e. The van der Waals surface area contributed by atoms with Gasteiger partial charge in [0.25, 0.3) is 0 Å². The summed E-state index contributed by atoms with van der Waals surface area (Å²) in [5.41, 5.74) is 3.42. The first-order valence-electron chi connectivity index (χ1n) is 14.7. The summed E-state index contributed by atoms with van der Waals surface area (Å²) >= 11 is 0. The van der Waals surface area contributed by atoms with Crippen LogP contribution < -0.4 is 0 Å². The van der Waals surface area contributed by atoms with Gasteiger partial charge in [0.1, 0.15) is 6.04 Å². The van der Waals surface area contributed by atoms with Crippen molar-refractivity contribution < 1.29 is 14.4 Å². The van der Waals surface area contributed by atoms with Crippen molar-refractivity contribution in [2.75, 3.05) is 26.2 Å². The highest BCUT2D eigenvalue weighted by Gasteiger charge is 2.52. The number of piperazine rings is 1. The third-order valence-electron chi connectivity index (χ3n) is 8.97. The van der Waals surface area contributed by atoms with Crippen LogP contribution in [-0.4, -0.2) is 64.6 Å². The van der Waals surface area contributed by atoms with E-state index < -0.39 is 6.04 Å². The first kappa shape index (κ1) is 26.5. The Balaban J connectivity index is 1.23. The summed E-state index contributed by atoms with van der Waals surface area (Å²) in [5.74, 6) is -0.921. The van der Waals surface area contributed by atoms with E-state index in [9.17, 15) is 14.4 Å². The molecule has 0 N–H and O–H groups in total. The fraction of sp³-hybridized carbons (Fsp3) is 0.382. The topological polar surface area (TPSA) is 60.9 Å². The van der Waals surface area contributed by atoms with Crippen LogP contribution in [-0.2, 0) is 20.8 Å². The molecule has 2 heterocycles. The number of carbonyl (C=O) groups is 3. The van der Waals surface area contributed by atoms with Gasteiger partial charge in [-0.1, -0.05) is 104 Å². The molecule has 3 aromatic rings. The smallest absolute Gasteiger partial charge is 0.246 e. The van der Waals surface area contributed by atoms with Crippen molar-refractivity contribution in [2.45, 2.75) is 44.2 Å². The Morgan fingerprint density at radius 1 is 0.675 bits per heavy atom. The minimum atomic E-state index is -0.793. The molecule has 40 heavy (non-hydrogen) atoms. The van der Waals surface area contributed by atoms with E-state index in [-0.39, 0.29) is 35.6 Å². The summed E-state index contributed by atoms with van der Waals surface area (Å²) in [6.45, 7) is 2.55. The fourth-order valence-electron chi connectivity index (χ4n) is 6.92. The number of fused-ring (bicyclic) bond motifs is 1. The van der Waals surface area contributed by atoms with Gasteiger partial charge in [0.05, 0.1) is 17.9 Å². The zero-order valence-corrected chi connectivity index (χ0v) is 22.9. The number of hydrogen-bond acceptors (Lipinski definition) is 4. The highest BCUT2D eigenvalue weighted by Crippen LogP contribution is 2.39. The molecule has 6 heteroatoms. The number of nitrogens with zero attached hydrogens (tertiary/aromatic N) is 3. The summed E-state index contributed by atoms with van der Waals surface area (Å²) in [6.07, 6.45) is 3.79. The van der Waals surface area contributed by atoms with Gasteiger partial charge < -0.3 is 4.90 Å². The van der Waals surface area contributed by atoms with Crippen LogP contribution in [0.2, 0.25) is 0 Å². The maximum absolute atomic E-state index is 14.2. The number of amides is 3. The molecule has 2 aliphatic heterocycles. The Labute approximate surface area is 236 Å². The Bertz CT molecular complexity index is 1260. The second-order valence-corrected chi connectivity index (χ2v) is 11.3. The lowest BCUT2D eigenvalue weighted by atomic mass is 9.81. The lowest BCUT2D eigenvalue weighted by Crippen LogP contribution is -2.57. The molecule has 0 spiro atoms. The molecule has 0 aromatic heterocycles. The van der Waals surface area contributed by atoms with Gasteiger partial charge in [-0.05, 0) is 29.5 Å². The minimum absolute atomic E-state index is 0.102. The van der Waals surface area contributed by atoms with Crippen molar-refractivity contribution >= 4 is 17.7 Å². The summed E-state index contributed by atoms with van der Waals surface area (Å²) in [4.78, 5) is 46.9. The third-order valence-corrected chi connectivity index (χ3v) is 8.97. The van der Waals surface area contributed by atoms with E-state index in [4.69, 9.17) is 0 Å². The van der Waals surface area contributed by atoms with Crippen molar-refractivity contribution in [3.63, 3.8) is 0 Å². The summed E-state index contributed by atoms with van der Waals surface area (Å²) in [7, 11) is 0. The maximum atomic E-state index is 14.2. The van der Waals surface area contributed by atoms with Crippen molar-refractivity contribution in [3.8, 4) is 0 Å². The predicted molar refractivity (Wildman–Crippen MR) is 154 cm³/mol. The number of rotatable bonds is 7. The van der Waals surface area contributed by atoms with Crippen LogP contribution in [0.4, 0.5) is 0 Å². The molecule has 1 saturated carbocycles. The number of benzene rings is 3. The first-order valence-corrected chi connectivity index (χ1v) is 14.7. The molecule has 3 amide bonds. The van der Waals surface area contributed by atoms with Gasteiger partial charge >= 0.3 is 0 Å². The number of imide groups is 1. The molecule has 3 atom stereocenters. The summed E-state index contributed by atoms with van der Waals surface area (Å²) < 4.78 is 0. The maximum Gasteiger partial charge on any atom is 0.246 e. The van der Waals surface area contributed by atoms with Crippen LogP contribution in [0.1, 0.15) is 48.4 Å². The van der Waals surface area contributed by atoms with Crippen LogP contribution in [0.5, 0.6) is 0 Å². The molecule has 3 aliphatic rings. The first-order chi connectivity index (χ1) is 19.6. The highest BCUT2D eigenvalue weighted by molar-refractivity contribution is 6.08. The second-order valence-electron chi connectivity index (χ2n) is 11.3. The van der Waals surface area contributed by atoms with E-state index in [0.717, 1.165) is 31.2 Å². The lowest BCUT2D eigenvalue weighted by molar-refractivity contribution is -0.152. The van der Waals surface area contributed by atoms with Crippen molar-refractivity contribution in [3.05, 3.63) is 108 Å². The molecule has 0 bridgehead atoms. The van der Waals surface area contributed by atoms with E-state index in [1.54, 1.807) is 0 Å². The van der Waals surface area contributed by atoms with E-state index in [1.165, 1.54) is 16.0 Å². The second kappa shape index (κ2) is 11.8. The van der Waals surface area contributed by atoms with Crippen molar-refractivity contribution in [2.24, 2.45) is 11.8 Å². The van der Waals surface area contributed by atoms with E-state index >= 15 is 0 Å². The van der Waals surface area contributed by atoms with E-state index in [0.29, 0.717) is 32.6 Å². The average Bonchev–Trinajstić information content (AvgIpc) is 3.27. The zero-order chi connectivity index (χ0) is 27.5. The molecule has 0 unspecified atom stereocenters. The molecule has 6 rings (SSSR count). The SMILES string of the molecule is O=C([C@H](Cc1ccccc1)N1C(=O)[C@H]2CCCC[C@H]2C1=O)N1CCN(C(c2ccccc2)c2ccccc2)CC1. The highest BCUT2D eigenvalue weighted by atomic mass is 16.2. The van der Waals surface area contributed by atoms with Crippen LogP contribution in [0.3, 0.4) is 0 Å². The number of likely N-dealkylation sites (tertiary alicyclic amines) is 1. The Kier molecular flexibility index (Phi) is 7.78.